The van der Waals surface area contributed by atoms with E-state index in [1.54, 1.807) is 0 Å². The number of aromatic nitrogens is 3. The Morgan fingerprint density at radius 1 is 1.25 bits per heavy atom. The monoisotopic (exact) mass is 513 g/mol. The molecule has 0 unspecified atom stereocenters. The van der Waals surface area contributed by atoms with Crippen LogP contribution in [0, 0.1) is 0 Å². The molecule has 0 spiro atoms. The van der Waals surface area contributed by atoms with Gasteiger partial charge in [0.25, 0.3) is 0 Å². The first kappa shape index (κ1) is 23.1. The van der Waals surface area contributed by atoms with Crippen molar-refractivity contribution < 1.29 is 19.0 Å². The molecule has 3 aromatic rings. The Morgan fingerprint density at radius 3 is 2.92 bits per heavy atom. The van der Waals surface area contributed by atoms with Gasteiger partial charge in [0.05, 0.1) is 32.0 Å². The summed E-state index contributed by atoms with van der Waals surface area (Å²) in [6, 6.07) is 5.59. The Hall–Kier alpha value is -3.28. The number of carbonyl (C=O) groups excluding carboxylic acids is 1. The zero-order chi connectivity index (χ0) is 24.6. The summed E-state index contributed by atoms with van der Waals surface area (Å²) in [4.78, 5) is 24.1. The van der Waals surface area contributed by atoms with Crippen molar-refractivity contribution in [3.63, 3.8) is 0 Å². The van der Waals surface area contributed by atoms with E-state index in [1.165, 1.54) is 10.9 Å². The Balaban J connectivity index is 1.11. The number of fused-ring (bicyclic) bond motifs is 3. The molecule has 11 nitrogen and oxygen atoms in total. The fraction of sp³-hybridized carbons (Fsp3) is 0.458. The van der Waals surface area contributed by atoms with Crippen molar-refractivity contribution in [1.82, 2.24) is 19.9 Å². The highest BCUT2D eigenvalue weighted by Gasteiger charge is 2.34. The number of nitrogens with two attached hydrogens (primary N) is 1. The smallest absolute Gasteiger partial charge is 0.328 e. The van der Waals surface area contributed by atoms with Crippen LogP contribution in [0.3, 0.4) is 0 Å². The lowest BCUT2D eigenvalue weighted by Crippen LogP contribution is -2.52. The van der Waals surface area contributed by atoms with Gasteiger partial charge >= 0.3 is 6.03 Å². The minimum absolute atomic E-state index is 0.0867. The Kier molecular flexibility index (Phi) is 6.20. The molecule has 1 saturated carbocycles. The van der Waals surface area contributed by atoms with Crippen LogP contribution in [0.5, 0.6) is 5.75 Å². The minimum Gasteiger partial charge on any atom is -0.486 e. The van der Waals surface area contributed by atoms with Gasteiger partial charge in [0.15, 0.2) is 16.5 Å². The van der Waals surface area contributed by atoms with Crippen molar-refractivity contribution in [2.75, 3.05) is 55.4 Å². The van der Waals surface area contributed by atoms with Crippen molar-refractivity contribution in [3.8, 4) is 5.75 Å². The SMILES string of the molecule is Nc1cc(CO[C@@H]2CC[C@H]2NC(=O)n2cnc3c4c(c(Cl)nc32)OCCN4)cc(N2CCOCC2)c1. The number of nitrogen functional groups attached to an aromatic ring is 1. The molecule has 190 valence electrons. The van der Waals surface area contributed by atoms with Crippen LogP contribution in [0.4, 0.5) is 21.9 Å². The first-order valence-corrected chi connectivity index (χ1v) is 12.5. The van der Waals surface area contributed by atoms with Crippen molar-refractivity contribution in [2.45, 2.75) is 31.6 Å². The maximum atomic E-state index is 13.1. The molecule has 2 aliphatic heterocycles. The standard InChI is InChI=1S/C24H28ClN7O4/c25-22-21-19(27-3-6-35-21)20-23(30-22)32(13-28-20)24(33)29-17-1-2-18(17)36-12-14-9-15(26)11-16(10-14)31-4-7-34-8-5-31/h9-11,13,17-18,27H,1-8,12,26H2,(H,29,33)/t17-,18-/m1/s1. The molecule has 1 aliphatic carbocycles. The first-order chi connectivity index (χ1) is 17.6. The molecule has 6 rings (SSSR count). The summed E-state index contributed by atoms with van der Waals surface area (Å²) in [5, 5.41) is 6.48. The highest BCUT2D eigenvalue weighted by atomic mass is 35.5. The zero-order valence-electron chi connectivity index (χ0n) is 19.7. The van der Waals surface area contributed by atoms with E-state index in [-0.39, 0.29) is 23.3 Å². The van der Waals surface area contributed by atoms with Gasteiger partial charge < -0.3 is 35.5 Å². The third kappa shape index (κ3) is 4.38. The van der Waals surface area contributed by atoms with E-state index in [0.29, 0.717) is 61.3 Å². The van der Waals surface area contributed by atoms with E-state index < -0.39 is 0 Å². The molecular formula is C24H28ClN7O4. The fourth-order valence-corrected chi connectivity index (χ4v) is 5.03. The Labute approximate surface area is 212 Å². The average molecular weight is 514 g/mol. The number of anilines is 3. The predicted molar refractivity (Wildman–Crippen MR) is 136 cm³/mol. The molecule has 2 atom stereocenters. The third-order valence-electron chi connectivity index (χ3n) is 6.83. The molecule has 3 aliphatic rings. The normalized spacial score (nSPS) is 21.3. The molecule has 1 aromatic carbocycles. The molecule has 1 amide bonds. The summed E-state index contributed by atoms with van der Waals surface area (Å²) in [5.41, 5.74) is 10.5. The van der Waals surface area contributed by atoms with Crippen molar-refractivity contribution in [3.05, 3.63) is 35.2 Å². The fourth-order valence-electron chi connectivity index (χ4n) is 4.81. The molecule has 36 heavy (non-hydrogen) atoms. The van der Waals surface area contributed by atoms with Crippen LogP contribution in [-0.4, -0.2) is 72.2 Å². The van der Waals surface area contributed by atoms with Gasteiger partial charge in [-0.05, 0) is 36.6 Å². The summed E-state index contributed by atoms with van der Waals surface area (Å²) in [7, 11) is 0. The van der Waals surface area contributed by atoms with Gasteiger partial charge in [-0.3, -0.25) is 0 Å². The number of rotatable bonds is 5. The predicted octanol–water partition coefficient (Wildman–Crippen LogP) is 2.61. The summed E-state index contributed by atoms with van der Waals surface area (Å²) in [6.45, 7) is 4.65. The number of hydrogen-bond donors (Lipinski definition) is 3. The number of nitrogens with zero attached hydrogens (tertiary/aromatic N) is 4. The van der Waals surface area contributed by atoms with E-state index in [1.807, 2.05) is 12.1 Å². The second-order valence-corrected chi connectivity index (χ2v) is 9.54. The maximum absolute atomic E-state index is 13.1. The lowest BCUT2D eigenvalue weighted by atomic mass is 9.89. The average Bonchev–Trinajstić information content (AvgIpc) is 3.31. The number of amides is 1. The maximum Gasteiger partial charge on any atom is 0.328 e. The van der Waals surface area contributed by atoms with E-state index in [2.05, 4.69) is 31.6 Å². The molecule has 1 saturated heterocycles. The Morgan fingerprint density at radius 2 is 2.11 bits per heavy atom. The van der Waals surface area contributed by atoms with Crippen LogP contribution in [0.25, 0.3) is 11.2 Å². The second kappa shape index (κ2) is 9.64. The molecule has 2 aromatic heterocycles. The first-order valence-electron chi connectivity index (χ1n) is 12.1. The molecule has 0 radical (unpaired) electrons. The topological polar surface area (TPSA) is 129 Å². The number of hydrogen-bond acceptors (Lipinski definition) is 9. The number of benzene rings is 1. The lowest BCUT2D eigenvalue weighted by molar-refractivity contribution is -0.0323. The molecule has 0 bridgehead atoms. The second-order valence-electron chi connectivity index (χ2n) is 9.18. The minimum atomic E-state index is -0.324. The van der Waals surface area contributed by atoms with Gasteiger partial charge in [0, 0.05) is 31.0 Å². The Bertz CT molecular complexity index is 1290. The number of imidazole rings is 1. The van der Waals surface area contributed by atoms with Crippen molar-refractivity contribution in [1.29, 1.82) is 0 Å². The van der Waals surface area contributed by atoms with Crippen molar-refractivity contribution in [2.24, 2.45) is 0 Å². The number of nitrogens with one attached hydrogen (secondary N) is 2. The van der Waals surface area contributed by atoms with E-state index in [4.69, 9.17) is 31.5 Å². The highest BCUT2D eigenvalue weighted by Crippen LogP contribution is 2.38. The van der Waals surface area contributed by atoms with Crippen LogP contribution in [0.2, 0.25) is 5.15 Å². The summed E-state index contributed by atoms with van der Waals surface area (Å²) in [5.74, 6) is 0.465. The van der Waals surface area contributed by atoms with E-state index >= 15 is 0 Å². The van der Waals surface area contributed by atoms with Gasteiger partial charge in [-0.2, -0.15) is 0 Å². The summed E-state index contributed by atoms with van der Waals surface area (Å²) >= 11 is 6.31. The van der Waals surface area contributed by atoms with E-state index in [0.717, 1.165) is 37.2 Å². The van der Waals surface area contributed by atoms with E-state index in [9.17, 15) is 4.79 Å². The molecule has 12 heteroatoms. The van der Waals surface area contributed by atoms with Crippen LogP contribution in [0.15, 0.2) is 24.5 Å². The van der Waals surface area contributed by atoms with Crippen molar-refractivity contribution >= 4 is 45.9 Å². The van der Waals surface area contributed by atoms with Gasteiger partial charge in [0.2, 0.25) is 0 Å². The van der Waals surface area contributed by atoms with Gasteiger partial charge in [-0.15, -0.1) is 0 Å². The molecule has 4 N–H and O–H groups in total. The van der Waals surface area contributed by atoms with Crippen LogP contribution < -0.4 is 26.0 Å². The van der Waals surface area contributed by atoms with Crippen LogP contribution in [-0.2, 0) is 16.1 Å². The number of morpholine rings is 1. The molecule has 4 heterocycles. The molecular weight excluding hydrogens is 486 g/mol. The van der Waals surface area contributed by atoms with Crippen LogP contribution in [0.1, 0.15) is 18.4 Å². The highest BCUT2D eigenvalue weighted by molar-refractivity contribution is 6.32. The van der Waals surface area contributed by atoms with Gasteiger partial charge in [0.1, 0.15) is 24.1 Å². The number of pyridine rings is 1. The van der Waals surface area contributed by atoms with Gasteiger partial charge in [-0.1, -0.05) is 11.6 Å². The van der Waals surface area contributed by atoms with Crippen LogP contribution >= 0.6 is 11.6 Å². The number of halogens is 1. The number of carbonyl (C=O) groups is 1. The van der Waals surface area contributed by atoms with Gasteiger partial charge in [-0.25, -0.2) is 19.3 Å². The lowest BCUT2D eigenvalue weighted by Gasteiger charge is -2.37. The zero-order valence-corrected chi connectivity index (χ0v) is 20.5. The summed E-state index contributed by atoms with van der Waals surface area (Å²) < 4.78 is 18.6. The quantitative estimate of drug-likeness (QED) is 0.348. The third-order valence-corrected chi connectivity index (χ3v) is 7.08. The largest absolute Gasteiger partial charge is 0.486 e. The summed E-state index contributed by atoms with van der Waals surface area (Å²) in [6.07, 6.45) is 3.07. The molecule has 2 fully saturated rings. The number of ether oxygens (including phenoxy) is 3.